The van der Waals surface area contributed by atoms with E-state index in [1.165, 1.54) is 19.3 Å². The second-order valence-corrected chi connectivity index (χ2v) is 3.46. The van der Waals surface area contributed by atoms with Crippen molar-refractivity contribution in [2.45, 2.75) is 38.6 Å². The molecular weight excluding hydrogens is 138 g/mol. The van der Waals surface area contributed by atoms with Crippen molar-refractivity contribution in [1.82, 2.24) is 0 Å². The maximum absolute atomic E-state index is 5.86. The molecule has 1 heterocycles. The van der Waals surface area contributed by atoms with E-state index in [0.29, 0.717) is 6.04 Å². The van der Waals surface area contributed by atoms with Gasteiger partial charge < -0.3 is 10.5 Å². The quantitative estimate of drug-likeness (QED) is 0.674. The molecule has 0 radical (unpaired) electrons. The smallest absolute Gasteiger partial charge is 0.0468 e. The van der Waals surface area contributed by atoms with Crippen LogP contribution in [0.2, 0.25) is 0 Å². The molecule has 1 atom stereocenters. The Hall–Kier alpha value is -0.0800. The van der Waals surface area contributed by atoms with Gasteiger partial charge >= 0.3 is 0 Å². The first-order valence-corrected chi connectivity index (χ1v) is 4.66. The molecular formula is C9H19NO. The molecule has 1 aliphatic heterocycles. The van der Waals surface area contributed by atoms with Gasteiger partial charge in [-0.05, 0) is 31.6 Å². The number of ether oxygens (including phenoxy) is 1. The van der Waals surface area contributed by atoms with Gasteiger partial charge in [0, 0.05) is 19.3 Å². The minimum Gasteiger partial charge on any atom is -0.381 e. The predicted molar refractivity (Wildman–Crippen MR) is 46.4 cm³/mol. The van der Waals surface area contributed by atoms with Crippen LogP contribution in [0.25, 0.3) is 0 Å². The third-order valence-electron chi connectivity index (χ3n) is 2.50. The summed E-state index contributed by atoms with van der Waals surface area (Å²) in [6.45, 7) is 4.05. The van der Waals surface area contributed by atoms with Crippen molar-refractivity contribution >= 4 is 0 Å². The fourth-order valence-electron chi connectivity index (χ4n) is 1.58. The predicted octanol–water partition coefficient (Wildman–Crippen LogP) is 1.54. The molecule has 1 fully saturated rings. The van der Waals surface area contributed by atoms with Gasteiger partial charge in [0.05, 0.1) is 0 Å². The van der Waals surface area contributed by atoms with Crippen LogP contribution in [-0.2, 0) is 4.74 Å². The summed E-state index contributed by atoms with van der Waals surface area (Å²) < 4.78 is 5.27. The van der Waals surface area contributed by atoms with Crippen LogP contribution in [0.1, 0.15) is 32.6 Å². The van der Waals surface area contributed by atoms with E-state index in [4.69, 9.17) is 10.5 Å². The molecule has 0 amide bonds. The molecule has 0 aromatic heterocycles. The van der Waals surface area contributed by atoms with Crippen LogP contribution in [-0.4, -0.2) is 19.3 Å². The molecule has 1 saturated heterocycles. The maximum atomic E-state index is 5.86. The SMILES string of the molecule is CCC(N)CC1CCOCC1. The lowest BCUT2D eigenvalue weighted by Crippen LogP contribution is -2.26. The minimum absolute atomic E-state index is 0.415. The maximum Gasteiger partial charge on any atom is 0.0468 e. The van der Waals surface area contributed by atoms with E-state index in [2.05, 4.69) is 6.92 Å². The summed E-state index contributed by atoms with van der Waals surface area (Å²) in [4.78, 5) is 0. The summed E-state index contributed by atoms with van der Waals surface area (Å²) in [5.41, 5.74) is 5.86. The van der Waals surface area contributed by atoms with Crippen LogP contribution in [0.4, 0.5) is 0 Å². The molecule has 0 aliphatic carbocycles. The van der Waals surface area contributed by atoms with Crippen molar-refractivity contribution in [2.75, 3.05) is 13.2 Å². The largest absolute Gasteiger partial charge is 0.381 e. The zero-order valence-corrected chi connectivity index (χ0v) is 7.38. The zero-order valence-electron chi connectivity index (χ0n) is 7.38. The van der Waals surface area contributed by atoms with Gasteiger partial charge in [0.1, 0.15) is 0 Å². The molecule has 66 valence electrons. The zero-order chi connectivity index (χ0) is 8.10. The summed E-state index contributed by atoms with van der Waals surface area (Å²) in [7, 11) is 0. The number of hydrogen-bond donors (Lipinski definition) is 1. The van der Waals surface area contributed by atoms with Crippen molar-refractivity contribution in [3.63, 3.8) is 0 Å². The van der Waals surface area contributed by atoms with Crippen LogP contribution in [0.15, 0.2) is 0 Å². The summed E-state index contributed by atoms with van der Waals surface area (Å²) in [6.07, 6.45) is 4.73. The number of rotatable bonds is 3. The highest BCUT2D eigenvalue weighted by Gasteiger charge is 2.15. The Kier molecular flexibility index (Phi) is 3.87. The lowest BCUT2D eigenvalue weighted by Gasteiger charge is -2.24. The van der Waals surface area contributed by atoms with Gasteiger partial charge in [0.25, 0.3) is 0 Å². The molecule has 0 saturated carbocycles. The Morgan fingerprint density at radius 2 is 2.09 bits per heavy atom. The molecule has 0 spiro atoms. The second kappa shape index (κ2) is 4.73. The van der Waals surface area contributed by atoms with Crippen LogP contribution < -0.4 is 5.73 Å². The van der Waals surface area contributed by atoms with Gasteiger partial charge in [0.15, 0.2) is 0 Å². The fraction of sp³-hybridized carbons (Fsp3) is 1.00. The van der Waals surface area contributed by atoms with E-state index in [-0.39, 0.29) is 0 Å². The van der Waals surface area contributed by atoms with Crippen molar-refractivity contribution in [3.05, 3.63) is 0 Å². The third-order valence-corrected chi connectivity index (χ3v) is 2.50. The minimum atomic E-state index is 0.415. The molecule has 1 unspecified atom stereocenters. The van der Waals surface area contributed by atoms with Crippen LogP contribution >= 0.6 is 0 Å². The fourth-order valence-corrected chi connectivity index (χ4v) is 1.58. The summed E-state index contributed by atoms with van der Waals surface area (Å²) >= 11 is 0. The van der Waals surface area contributed by atoms with Crippen LogP contribution in [0, 0.1) is 5.92 Å². The molecule has 0 aromatic rings. The first-order chi connectivity index (χ1) is 5.33. The van der Waals surface area contributed by atoms with Crippen molar-refractivity contribution in [3.8, 4) is 0 Å². The summed E-state index contributed by atoms with van der Waals surface area (Å²) in [5, 5.41) is 0. The van der Waals surface area contributed by atoms with E-state index in [0.717, 1.165) is 25.6 Å². The Morgan fingerprint density at radius 3 is 2.64 bits per heavy atom. The first-order valence-electron chi connectivity index (χ1n) is 4.66. The highest BCUT2D eigenvalue weighted by molar-refractivity contribution is 4.69. The molecule has 0 bridgehead atoms. The van der Waals surface area contributed by atoms with Crippen molar-refractivity contribution < 1.29 is 4.74 Å². The molecule has 2 heteroatoms. The van der Waals surface area contributed by atoms with E-state index >= 15 is 0 Å². The first kappa shape index (κ1) is 9.01. The molecule has 2 N–H and O–H groups in total. The Bertz CT molecular complexity index is 99.7. The lowest BCUT2D eigenvalue weighted by molar-refractivity contribution is 0.0617. The molecule has 11 heavy (non-hydrogen) atoms. The Labute approximate surface area is 69.1 Å². The van der Waals surface area contributed by atoms with Gasteiger partial charge in [-0.3, -0.25) is 0 Å². The van der Waals surface area contributed by atoms with Crippen LogP contribution in [0.3, 0.4) is 0 Å². The highest BCUT2D eigenvalue weighted by atomic mass is 16.5. The molecule has 0 aromatic carbocycles. The lowest BCUT2D eigenvalue weighted by atomic mass is 9.92. The number of hydrogen-bond acceptors (Lipinski definition) is 2. The standard InChI is InChI=1S/C9H19NO/c1-2-9(10)7-8-3-5-11-6-4-8/h8-9H,2-7,10H2,1H3. The normalized spacial score (nSPS) is 23.5. The topological polar surface area (TPSA) is 35.2 Å². The third kappa shape index (κ3) is 3.21. The van der Waals surface area contributed by atoms with Gasteiger partial charge in [-0.2, -0.15) is 0 Å². The van der Waals surface area contributed by atoms with Crippen molar-refractivity contribution in [2.24, 2.45) is 11.7 Å². The van der Waals surface area contributed by atoms with E-state index in [9.17, 15) is 0 Å². The van der Waals surface area contributed by atoms with E-state index < -0.39 is 0 Å². The van der Waals surface area contributed by atoms with E-state index in [1.807, 2.05) is 0 Å². The average molecular weight is 157 g/mol. The monoisotopic (exact) mass is 157 g/mol. The molecule has 1 aliphatic rings. The molecule has 1 rings (SSSR count). The van der Waals surface area contributed by atoms with E-state index in [1.54, 1.807) is 0 Å². The summed E-state index contributed by atoms with van der Waals surface area (Å²) in [5.74, 6) is 0.832. The highest BCUT2D eigenvalue weighted by Crippen LogP contribution is 2.19. The van der Waals surface area contributed by atoms with Gasteiger partial charge in [-0.25, -0.2) is 0 Å². The second-order valence-electron chi connectivity index (χ2n) is 3.46. The Balaban J connectivity index is 2.13. The van der Waals surface area contributed by atoms with Crippen molar-refractivity contribution in [1.29, 1.82) is 0 Å². The average Bonchev–Trinajstić information content (AvgIpc) is 2.06. The van der Waals surface area contributed by atoms with Gasteiger partial charge in [-0.1, -0.05) is 6.92 Å². The van der Waals surface area contributed by atoms with Gasteiger partial charge in [-0.15, -0.1) is 0 Å². The Morgan fingerprint density at radius 1 is 1.45 bits per heavy atom. The van der Waals surface area contributed by atoms with Crippen LogP contribution in [0.5, 0.6) is 0 Å². The molecule has 2 nitrogen and oxygen atoms in total. The number of nitrogens with two attached hydrogens (primary N) is 1. The summed E-state index contributed by atoms with van der Waals surface area (Å²) in [6, 6.07) is 0.415. The van der Waals surface area contributed by atoms with Gasteiger partial charge in [0.2, 0.25) is 0 Å².